The maximum absolute atomic E-state index is 14.7. The molecule has 3 amide bonds. The largest absolute Gasteiger partial charge is 0.478 e. The number of amides is 3. The molecule has 0 unspecified atom stereocenters. The Balaban J connectivity index is 1.41. The Hall–Kier alpha value is -3.17. The molecule has 1 aromatic rings. The third-order valence-electron chi connectivity index (χ3n) is 8.86. The molecule has 9 nitrogen and oxygen atoms in total. The van der Waals surface area contributed by atoms with E-state index in [1.807, 2.05) is 20.8 Å². The van der Waals surface area contributed by atoms with Crippen molar-refractivity contribution in [3.63, 3.8) is 0 Å². The summed E-state index contributed by atoms with van der Waals surface area (Å²) in [6, 6.07) is 2.73. The molecule has 226 valence electrons. The van der Waals surface area contributed by atoms with E-state index in [-0.39, 0.29) is 34.9 Å². The molecule has 0 aromatic heterocycles. The van der Waals surface area contributed by atoms with E-state index >= 15 is 0 Å². The van der Waals surface area contributed by atoms with E-state index in [0.29, 0.717) is 31.8 Å². The number of carboxylic acids is 1. The van der Waals surface area contributed by atoms with Crippen LogP contribution in [-0.2, 0) is 14.3 Å². The van der Waals surface area contributed by atoms with Crippen LogP contribution in [0.1, 0.15) is 95.3 Å². The highest BCUT2D eigenvalue weighted by Gasteiger charge is 2.47. The standard InChI is InChI=1S/C31H44FN3O6/c1-31(2,3)41-30(40)33-18-19-9-11-21(12-10-19)28(37)35-16-15-23(20-7-5-4-6-8-20)26(35)27(36)34-25-14-13-22(29(38)39)17-24(25)32/h13-14,17,19-21,23,26H,4-12,15-16,18H2,1-3H3,(H,33,40)(H,34,36)(H,38,39)/t19?,21?,23-,26-/m0/s1. The number of carboxylic acid groups (broad SMARTS) is 1. The second-order valence-corrected chi connectivity index (χ2v) is 12.9. The van der Waals surface area contributed by atoms with E-state index in [0.717, 1.165) is 51.0 Å². The molecular weight excluding hydrogens is 529 g/mol. The zero-order valence-corrected chi connectivity index (χ0v) is 24.4. The Morgan fingerprint density at radius 2 is 1.68 bits per heavy atom. The van der Waals surface area contributed by atoms with Crippen LogP contribution in [0.25, 0.3) is 0 Å². The van der Waals surface area contributed by atoms with Crippen molar-refractivity contribution in [3.8, 4) is 0 Å². The van der Waals surface area contributed by atoms with Crippen LogP contribution in [0, 0.1) is 29.5 Å². The van der Waals surface area contributed by atoms with E-state index in [2.05, 4.69) is 10.6 Å². The van der Waals surface area contributed by atoms with Gasteiger partial charge < -0.3 is 25.4 Å². The summed E-state index contributed by atoms with van der Waals surface area (Å²) in [5, 5.41) is 14.7. The molecule has 0 radical (unpaired) electrons. The molecule has 3 N–H and O–H groups in total. The number of carbonyl (C=O) groups excluding carboxylic acids is 3. The number of hydrogen-bond donors (Lipinski definition) is 3. The summed E-state index contributed by atoms with van der Waals surface area (Å²) in [6.45, 7) is 6.46. The van der Waals surface area contributed by atoms with Gasteiger partial charge in [-0.05, 0) is 88.8 Å². The lowest BCUT2D eigenvalue weighted by molar-refractivity contribution is -0.142. The summed E-state index contributed by atoms with van der Waals surface area (Å²) in [4.78, 5) is 52.5. The quantitative estimate of drug-likeness (QED) is 0.391. The fraction of sp³-hybridized carbons (Fsp3) is 0.677. The number of likely N-dealkylation sites (tertiary alicyclic amines) is 1. The molecule has 1 heterocycles. The second kappa shape index (κ2) is 13.2. The molecule has 41 heavy (non-hydrogen) atoms. The molecule has 3 aliphatic rings. The van der Waals surface area contributed by atoms with Gasteiger partial charge in [0.1, 0.15) is 17.5 Å². The molecule has 1 aliphatic heterocycles. The van der Waals surface area contributed by atoms with Crippen LogP contribution in [0.2, 0.25) is 0 Å². The molecule has 2 atom stereocenters. The second-order valence-electron chi connectivity index (χ2n) is 12.9. The first kappa shape index (κ1) is 30.8. The Bertz CT molecular complexity index is 1120. The predicted molar refractivity (Wildman–Crippen MR) is 152 cm³/mol. The van der Waals surface area contributed by atoms with Crippen molar-refractivity contribution in [2.45, 2.75) is 96.6 Å². The fourth-order valence-electron chi connectivity index (χ4n) is 6.80. The van der Waals surface area contributed by atoms with E-state index < -0.39 is 35.4 Å². The van der Waals surface area contributed by atoms with Crippen LogP contribution in [-0.4, -0.2) is 58.6 Å². The Labute approximate surface area is 241 Å². The smallest absolute Gasteiger partial charge is 0.407 e. The van der Waals surface area contributed by atoms with Gasteiger partial charge in [0.05, 0.1) is 11.3 Å². The van der Waals surface area contributed by atoms with Crippen molar-refractivity contribution in [2.75, 3.05) is 18.4 Å². The van der Waals surface area contributed by atoms with Gasteiger partial charge in [0.25, 0.3) is 0 Å². The van der Waals surface area contributed by atoms with E-state index in [4.69, 9.17) is 9.84 Å². The summed E-state index contributed by atoms with van der Waals surface area (Å²) in [7, 11) is 0. The highest BCUT2D eigenvalue weighted by Crippen LogP contribution is 2.41. The lowest BCUT2D eigenvalue weighted by atomic mass is 9.76. The monoisotopic (exact) mass is 573 g/mol. The SMILES string of the molecule is CC(C)(C)OC(=O)NCC1CCC(C(=O)N2CC[C@@H](C3CCCCC3)[C@H]2C(=O)Nc2ccc(C(=O)O)cc2F)CC1. The minimum Gasteiger partial charge on any atom is -0.478 e. The number of benzene rings is 1. The minimum atomic E-state index is -1.25. The minimum absolute atomic E-state index is 0.00923. The topological polar surface area (TPSA) is 125 Å². The number of halogens is 1. The summed E-state index contributed by atoms with van der Waals surface area (Å²) in [5.74, 6) is -2.09. The first-order chi connectivity index (χ1) is 19.4. The summed E-state index contributed by atoms with van der Waals surface area (Å²) in [6.07, 6.45) is 8.69. The van der Waals surface area contributed by atoms with Gasteiger partial charge in [-0.1, -0.05) is 32.1 Å². The molecule has 0 bridgehead atoms. The van der Waals surface area contributed by atoms with Gasteiger partial charge in [-0.25, -0.2) is 14.0 Å². The van der Waals surface area contributed by atoms with Gasteiger partial charge in [-0.3, -0.25) is 9.59 Å². The zero-order chi connectivity index (χ0) is 29.7. The number of nitrogens with one attached hydrogen (secondary N) is 2. The normalized spacial score (nSPS) is 25.4. The predicted octanol–water partition coefficient (Wildman–Crippen LogP) is 5.59. The Morgan fingerprint density at radius 1 is 1.00 bits per heavy atom. The van der Waals surface area contributed by atoms with Gasteiger partial charge >= 0.3 is 12.1 Å². The number of aromatic carboxylic acids is 1. The molecule has 3 fully saturated rings. The molecule has 2 aliphatic carbocycles. The van der Waals surface area contributed by atoms with E-state index in [9.17, 15) is 23.6 Å². The maximum atomic E-state index is 14.7. The average molecular weight is 574 g/mol. The first-order valence-corrected chi connectivity index (χ1v) is 15.0. The van der Waals surface area contributed by atoms with Crippen LogP contribution in [0.5, 0.6) is 0 Å². The third kappa shape index (κ3) is 7.98. The van der Waals surface area contributed by atoms with Crippen LogP contribution < -0.4 is 10.6 Å². The average Bonchev–Trinajstić information content (AvgIpc) is 3.38. The summed E-state index contributed by atoms with van der Waals surface area (Å²) in [5.41, 5.74) is -0.842. The van der Waals surface area contributed by atoms with Crippen molar-refractivity contribution >= 4 is 29.6 Å². The highest BCUT2D eigenvalue weighted by atomic mass is 19.1. The lowest BCUT2D eigenvalue weighted by Gasteiger charge is -2.36. The van der Waals surface area contributed by atoms with Crippen molar-refractivity contribution in [2.24, 2.45) is 23.7 Å². The number of anilines is 1. The zero-order valence-electron chi connectivity index (χ0n) is 24.4. The highest BCUT2D eigenvalue weighted by molar-refractivity contribution is 5.98. The van der Waals surface area contributed by atoms with E-state index in [1.165, 1.54) is 18.6 Å². The summed E-state index contributed by atoms with van der Waals surface area (Å²) >= 11 is 0. The first-order valence-electron chi connectivity index (χ1n) is 15.0. The number of ether oxygens (including phenoxy) is 1. The van der Waals surface area contributed by atoms with Gasteiger partial charge in [-0.2, -0.15) is 0 Å². The fourth-order valence-corrected chi connectivity index (χ4v) is 6.80. The molecule has 10 heteroatoms. The van der Waals surface area contributed by atoms with Crippen molar-refractivity contribution in [3.05, 3.63) is 29.6 Å². The van der Waals surface area contributed by atoms with Gasteiger partial charge in [0, 0.05) is 19.0 Å². The van der Waals surface area contributed by atoms with Gasteiger partial charge in [0.2, 0.25) is 11.8 Å². The number of carbonyl (C=O) groups is 4. The Morgan fingerprint density at radius 3 is 2.29 bits per heavy atom. The van der Waals surface area contributed by atoms with Crippen molar-refractivity contribution in [1.29, 1.82) is 0 Å². The Kier molecular flexibility index (Phi) is 9.92. The maximum Gasteiger partial charge on any atom is 0.407 e. The molecule has 2 saturated carbocycles. The van der Waals surface area contributed by atoms with Crippen molar-refractivity contribution < 1.29 is 33.4 Å². The third-order valence-corrected chi connectivity index (χ3v) is 8.86. The molecular formula is C31H44FN3O6. The molecule has 0 spiro atoms. The van der Waals surface area contributed by atoms with Crippen LogP contribution in [0.3, 0.4) is 0 Å². The van der Waals surface area contributed by atoms with Gasteiger partial charge in [-0.15, -0.1) is 0 Å². The molecule has 4 rings (SSSR count). The number of rotatable bonds is 7. The number of hydrogen-bond acceptors (Lipinski definition) is 5. The van der Waals surface area contributed by atoms with E-state index in [1.54, 1.807) is 4.90 Å². The van der Waals surface area contributed by atoms with Crippen LogP contribution in [0.15, 0.2) is 18.2 Å². The molecule has 1 saturated heterocycles. The van der Waals surface area contributed by atoms with Crippen molar-refractivity contribution in [1.82, 2.24) is 10.2 Å². The summed E-state index contributed by atoms with van der Waals surface area (Å²) < 4.78 is 20.0. The van der Waals surface area contributed by atoms with Gasteiger partial charge in [0.15, 0.2) is 0 Å². The van der Waals surface area contributed by atoms with Crippen LogP contribution in [0.4, 0.5) is 14.9 Å². The van der Waals surface area contributed by atoms with Crippen LogP contribution >= 0.6 is 0 Å². The lowest BCUT2D eigenvalue weighted by Crippen LogP contribution is -2.50. The number of alkyl carbamates (subject to hydrolysis) is 1. The molecule has 1 aromatic carbocycles. The number of nitrogens with zero attached hydrogens (tertiary/aromatic N) is 1.